The van der Waals surface area contributed by atoms with E-state index in [4.69, 9.17) is 10.2 Å². The first-order valence-electron chi connectivity index (χ1n) is 3.92. The molecule has 0 unspecified atom stereocenters. The van der Waals surface area contributed by atoms with Gasteiger partial charge in [-0.2, -0.15) is 0 Å². The largest absolute Gasteiger partial charge is 0.442 e. The van der Waals surface area contributed by atoms with Gasteiger partial charge in [-0.3, -0.25) is 0 Å². The standard InChI is InChI=1S/C8H10N4O/c1-12-4-10-3-7(12)8-6(2-9)11-5-13-8/h3-5H,2,9H2,1H3. The molecule has 0 amide bonds. The lowest BCUT2D eigenvalue weighted by molar-refractivity contribution is 0.566. The van der Waals surface area contributed by atoms with Crippen molar-refractivity contribution in [2.24, 2.45) is 12.8 Å². The molecule has 5 nitrogen and oxygen atoms in total. The number of nitrogens with zero attached hydrogens (tertiary/aromatic N) is 3. The summed E-state index contributed by atoms with van der Waals surface area (Å²) in [6.07, 6.45) is 4.82. The molecule has 0 aromatic carbocycles. The minimum absolute atomic E-state index is 0.372. The van der Waals surface area contributed by atoms with E-state index in [1.54, 1.807) is 12.5 Å². The minimum atomic E-state index is 0.372. The fraction of sp³-hybridized carbons (Fsp3) is 0.250. The third-order valence-electron chi connectivity index (χ3n) is 1.88. The first-order chi connectivity index (χ1) is 6.33. The molecular formula is C8H10N4O. The van der Waals surface area contributed by atoms with Gasteiger partial charge in [-0.15, -0.1) is 0 Å². The third-order valence-corrected chi connectivity index (χ3v) is 1.88. The van der Waals surface area contributed by atoms with Crippen LogP contribution in [0.5, 0.6) is 0 Å². The van der Waals surface area contributed by atoms with Crippen molar-refractivity contribution < 1.29 is 4.42 Å². The Morgan fingerprint density at radius 2 is 2.46 bits per heavy atom. The van der Waals surface area contributed by atoms with Crippen LogP contribution in [0, 0.1) is 0 Å². The highest BCUT2D eigenvalue weighted by Crippen LogP contribution is 2.21. The maximum Gasteiger partial charge on any atom is 0.181 e. The maximum atomic E-state index is 5.50. The summed E-state index contributed by atoms with van der Waals surface area (Å²) in [6.45, 7) is 0.372. The molecule has 2 aromatic heterocycles. The predicted octanol–water partition coefficient (Wildman–Crippen LogP) is 0.534. The Morgan fingerprint density at radius 1 is 1.62 bits per heavy atom. The molecule has 0 atom stereocenters. The normalized spacial score (nSPS) is 10.6. The molecule has 2 aromatic rings. The van der Waals surface area contributed by atoms with Gasteiger partial charge in [-0.05, 0) is 0 Å². The molecule has 2 rings (SSSR count). The summed E-state index contributed by atoms with van der Waals surface area (Å²) in [5.41, 5.74) is 7.14. The SMILES string of the molecule is Cn1cncc1-c1ocnc1CN. The second-order valence-electron chi connectivity index (χ2n) is 2.72. The van der Waals surface area contributed by atoms with Gasteiger partial charge in [0.1, 0.15) is 11.4 Å². The molecule has 0 fully saturated rings. The molecule has 0 radical (unpaired) electrons. The third kappa shape index (κ3) is 1.23. The second-order valence-corrected chi connectivity index (χ2v) is 2.72. The van der Waals surface area contributed by atoms with Crippen LogP contribution in [0.2, 0.25) is 0 Å². The zero-order valence-corrected chi connectivity index (χ0v) is 7.27. The summed E-state index contributed by atoms with van der Waals surface area (Å²) in [5.74, 6) is 0.697. The lowest BCUT2D eigenvalue weighted by atomic mass is 10.3. The van der Waals surface area contributed by atoms with Gasteiger partial charge in [0.2, 0.25) is 0 Å². The number of hydrogen-bond acceptors (Lipinski definition) is 4. The van der Waals surface area contributed by atoms with E-state index in [1.165, 1.54) is 6.39 Å². The van der Waals surface area contributed by atoms with Crippen molar-refractivity contribution in [3.05, 3.63) is 24.6 Å². The Balaban J connectivity index is 2.52. The van der Waals surface area contributed by atoms with E-state index < -0.39 is 0 Å². The van der Waals surface area contributed by atoms with Crippen LogP contribution in [0.3, 0.4) is 0 Å². The Bertz CT molecular complexity index is 404. The van der Waals surface area contributed by atoms with E-state index in [2.05, 4.69) is 9.97 Å². The summed E-state index contributed by atoms with van der Waals surface area (Å²) in [4.78, 5) is 7.99. The zero-order valence-electron chi connectivity index (χ0n) is 7.27. The van der Waals surface area contributed by atoms with Gasteiger partial charge in [0.15, 0.2) is 12.2 Å². The number of rotatable bonds is 2. The highest BCUT2D eigenvalue weighted by Gasteiger charge is 2.11. The molecule has 2 heterocycles. The monoisotopic (exact) mass is 178 g/mol. The number of aromatic nitrogens is 3. The van der Waals surface area contributed by atoms with Gasteiger partial charge in [-0.1, -0.05) is 0 Å². The summed E-state index contributed by atoms with van der Waals surface area (Å²) < 4.78 is 7.09. The smallest absolute Gasteiger partial charge is 0.181 e. The number of oxazole rings is 1. The molecule has 5 heteroatoms. The van der Waals surface area contributed by atoms with Crippen molar-refractivity contribution >= 4 is 0 Å². The fourth-order valence-corrected chi connectivity index (χ4v) is 1.20. The topological polar surface area (TPSA) is 69.9 Å². The van der Waals surface area contributed by atoms with Crippen LogP contribution in [-0.2, 0) is 13.6 Å². The Labute approximate surface area is 75.2 Å². The van der Waals surface area contributed by atoms with Crippen LogP contribution in [0.15, 0.2) is 23.3 Å². The first-order valence-corrected chi connectivity index (χ1v) is 3.92. The van der Waals surface area contributed by atoms with Crippen LogP contribution >= 0.6 is 0 Å². The second kappa shape index (κ2) is 3.02. The maximum absolute atomic E-state index is 5.50. The number of hydrogen-bond donors (Lipinski definition) is 1. The minimum Gasteiger partial charge on any atom is -0.442 e. The van der Waals surface area contributed by atoms with E-state index in [-0.39, 0.29) is 0 Å². The van der Waals surface area contributed by atoms with Crippen molar-refractivity contribution in [1.29, 1.82) is 0 Å². The van der Waals surface area contributed by atoms with Crippen LogP contribution in [0.4, 0.5) is 0 Å². The predicted molar refractivity (Wildman–Crippen MR) is 46.6 cm³/mol. The molecular weight excluding hydrogens is 168 g/mol. The zero-order chi connectivity index (χ0) is 9.26. The lowest BCUT2D eigenvalue weighted by Crippen LogP contribution is -1.99. The average molecular weight is 178 g/mol. The molecule has 0 bridgehead atoms. The van der Waals surface area contributed by atoms with Crippen LogP contribution in [0.25, 0.3) is 11.5 Å². The Kier molecular flexibility index (Phi) is 1.86. The Hall–Kier alpha value is -1.62. The van der Waals surface area contributed by atoms with Gasteiger partial charge < -0.3 is 14.7 Å². The van der Waals surface area contributed by atoms with Crippen molar-refractivity contribution in [2.75, 3.05) is 0 Å². The molecule has 2 N–H and O–H groups in total. The molecule has 0 aliphatic heterocycles. The van der Waals surface area contributed by atoms with E-state index in [1.807, 2.05) is 11.6 Å². The van der Waals surface area contributed by atoms with E-state index >= 15 is 0 Å². The summed E-state index contributed by atoms with van der Waals surface area (Å²) in [6, 6.07) is 0. The molecule has 0 saturated carbocycles. The number of aryl methyl sites for hydroxylation is 1. The van der Waals surface area contributed by atoms with E-state index in [0.717, 1.165) is 11.4 Å². The Morgan fingerprint density at radius 3 is 3.08 bits per heavy atom. The average Bonchev–Trinajstić information content (AvgIpc) is 2.71. The highest BCUT2D eigenvalue weighted by atomic mass is 16.3. The first kappa shape index (κ1) is 8.00. The van der Waals surface area contributed by atoms with E-state index in [0.29, 0.717) is 12.3 Å². The molecule has 13 heavy (non-hydrogen) atoms. The molecule has 68 valence electrons. The van der Waals surface area contributed by atoms with E-state index in [9.17, 15) is 0 Å². The summed E-state index contributed by atoms with van der Waals surface area (Å²) in [7, 11) is 1.89. The van der Waals surface area contributed by atoms with Crippen LogP contribution in [0.1, 0.15) is 5.69 Å². The van der Waals surface area contributed by atoms with Crippen molar-refractivity contribution in [3.63, 3.8) is 0 Å². The molecule has 0 saturated heterocycles. The van der Waals surface area contributed by atoms with Gasteiger partial charge in [0.25, 0.3) is 0 Å². The van der Waals surface area contributed by atoms with Gasteiger partial charge >= 0.3 is 0 Å². The lowest BCUT2D eigenvalue weighted by Gasteiger charge is -1.98. The van der Waals surface area contributed by atoms with Gasteiger partial charge in [0, 0.05) is 13.6 Å². The summed E-state index contributed by atoms with van der Waals surface area (Å²) >= 11 is 0. The summed E-state index contributed by atoms with van der Waals surface area (Å²) in [5, 5.41) is 0. The number of nitrogens with two attached hydrogens (primary N) is 1. The van der Waals surface area contributed by atoms with Crippen molar-refractivity contribution in [2.45, 2.75) is 6.54 Å². The quantitative estimate of drug-likeness (QED) is 0.728. The van der Waals surface area contributed by atoms with Crippen molar-refractivity contribution in [3.8, 4) is 11.5 Å². The molecule has 0 spiro atoms. The molecule has 0 aliphatic carbocycles. The van der Waals surface area contributed by atoms with Gasteiger partial charge in [-0.25, -0.2) is 9.97 Å². The van der Waals surface area contributed by atoms with Gasteiger partial charge in [0.05, 0.1) is 12.5 Å². The van der Waals surface area contributed by atoms with Crippen LogP contribution in [-0.4, -0.2) is 14.5 Å². The fourth-order valence-electron chi connectivity index (χ4n) is 1.20. The molecule has 0 aliphatic rings. The number of imidazole rings is 1. The van der Waals surface area contributed by atoms with Crippen molar-refractivity contribution in [1.82, 2.24) is 14.5 Å². The van der Waals surface area contributed by atoms with Crippen LogP contribution < -0.4 is 5.73 Å². The highest BCUT2D eigenvalue weighted by molar-refractivity contribution is 5.54.